The minimum Gasteiger partial charge on any atom is -0.372 e. The predicted octanol–water partition coefficient (Wildman–Crippen LogP) is 1.28. The fourth-order valence-electron chi connectivity index (χ4n) is 1.47. The second kappa shape index (κ2) is 5.08. The van der Waals surface area contributed by atoms with E-state index in [-0.39, 0.29) is 6.54 Å². The topological polar surface area (TPSA) is 81.8 Å². The third kappa shape index (κ3) is 2.05. The average molecular weight is 245 g/mol. The zero-order valence-electron chi connectivity index (χ0n) is 9.29. The molecule has 0 heterocycles. The van der Waals surface area contributed by atoms with Crippen molar-refractivity contribution in [2.45, 2.75) is 5.34 Å². The maximum atomic E-state index is 12.2. The summed E-state index contributed by atoms with van der Waals surface area (Å²) in [6.45, 7) is -0.254. The molecule has 0 aromatic heterocycles. The van der Waals surface area contributed by atoms with Crippen LogP contribution in [0.25, 0.3) is 0 Å². The lowest BCUT2D eigenvalue weighted by atomic mass is 10.1. The number of aliphatic hydroxyl groups is 1. The van der Waals surface area contributed by atoms with Crippen molar-refractivity contribution in [2.24, 2.45) is 5.73 Å². The molecule has 1 aromatic rings. The summed E-state index contributed by atoms with van der Waals surface area (Å²) in [7, 11) is -1.26. The zero-order chi connectivity index (χ0) is 12.2. The van der Waals surface area contributed by atoms with Gasteiger partial charge in [-0.2, -0.15) is 0 Å². The molecule has 16 heavy (non-hydrogen) atoms. The van der Waals surface area contributed by atoms with Gasteiger partial charge < -0.3 is 19.9 Å². The van der Waals surface area contributed by atoms with Crippen LogP contribution in [-0.2, 0) is 19.0 Å². The van der Waals surface area contributed by atoms with Gasteiger partial charge in [-0.25, -0.2) is 0 Å². The van der Waals surface area contributed by atoms with Crippen molar-refractivity contribution in [3.05, 3.63) is 35.9 Å². The van der Waals surface area contributed by atoms with Crippen molar-refractivity contribution in [3.63, 3.8) is 0 Å². The minimum absolute atomic E-state index is 0.254. The van der Waals surface area contributed by atoms with E-state index in [9.17, 15) is 9.67 Å². The lowest BCUT2D eigenvalue weighted by Gasteiger charge is -2.32. The normalized spacial score (nSPS) is 15.8. The van der Waals surface area contributed by atoms with E-state index in [0.29, 0.717) is 5.56 Å². The summed E-state index contributed by atoms with van der Waals surface area (Å²) in [5.74, 6) is 0. The summed E-state index contributed by atoms with van der Waals surface area (Å²) in [6, 6.07) is 8.46. The maximum absolute atomic E-state index is 12.2. The second-order valence-corrected chi connectivity index (χ2v) is 5.71. The SMILES string of the molecule is COP(=O)(OC)C(O)(CN)c1ccccc1. The van der Waals surface area contributed by atoms with Gasteiger partial charge in [-0.3, -0.25) is 4.57 Å². The molecule has 0 amide bonds. The van der Waals surface area contributed by atoms with Crippen LogP contribution >= 0.6 is 7.60 Å². The van der Waals surface area contributed by atoms with Gasteiger partial charge in [0.2, 0.25) is 5.34 Å². The molecule has 0 aliphatic heterocycles. The van der Waals surface area contributed by atoms with Crippen molar-refractivity contribution in [2.75, 3.05) is 20.8 Å². The highest BCUT2D eigenvalue weighted by molar-refractivity contribution is 7.54. The molecule has 90 valence electrons. The number of hydrogen-bond donors (Lipinski definition) is 2. The first kappa shape index (κ1) is 13.4. The largest absolute Gasteiger partial charge is 0.372 e. The van der Waals surface area contributed by atoms with Crippen LogP contribution < -0.4 is 5.73 Å². The molecular formula is C10H16NO4P. The molecule has 0 radical (unpaired) electrons. The minimum atomic E-state index is -3.69. The quantitative estimate of drug-likeness (QED) is 0.763. The molecule has 0 bridgehead atoms. The summed E-state index contributed by atoms with van der Waals surface area (Å²) in [4.78, 5) is 0. The van der Waals surface area contributed by atoms with E-state index in [1.165, 1.54) is 14.2 Å². The molecule has 5 nitrogen and oxygen atoms in total. The van der Waals surface area contributed by atoms with Gasteiger partial charge in [0.25, 0.3) is 0 Å². The summed E-state index contributed by atoms with van der Waals surface area (Å²) in [5, 5.41) is 8.55. The van der Waals surface area contributed by atoms with Crippen molar-refractivity contribution >= 4 is 7.60 Å². The standard InChI is InChI=1S/C10H16NO4P/c1-14-16(13,15-2)10(12,8-11)9-6-4-3-5-7-9/h3-7,12H,8,11H2,1-2H3. The van der Waals surface area contributed by atoms with Gasteiger partial charge in [0.05, 0.1) is 0 Å². The first-order chi connectivity index (χ1) is 7.54. The van der Waals surface area contributed by atoms with Crippen LogP contribution in [0, 0.1) is 0 Å². The van der Waals surface area contributed by atoms with E-state index in [1.807, 2.05) is 0 Å². The van der Waals surface area contributed by atoms with E-state index >= 15 is 0 Å². The van der Waals surface area contributed by atoms with Crippen LogP contribution in [0.2, 0.25) is 0 Å². The molecule has 3 N–H and O–H groups in total. The first-order valence-corrected chi connectivity index (χ1v) is 6.28. The summed E-state index contributed by atoms with van der Waals surface area (Å²) in [5.41, 5.74) is 5.90. The van der Waals surface area contributed by atoms with E-state index in [0.717, 1.165) is 0 Å². The van der Waals surface area contributed by atoms with Gasteiger partial charge in [-0.1, -0.05) is 30.3 Å². The molecule has 0 aliphatic carbocycles. The van der Waals surface area contributed by atoms with Crippen LogP contribution in [0.3, 0.4) is 0 Å². The predicted molar refractivity (Wildman–Crippen MR) is 61.0 cm³/mol. The molecule has 1 aromatic carbocycles. The van der Waals surface area contributed by atoms with Crippen molar-refractivity contribution in [1.82, 2.24) is 0 Å². The molecule has 6 heteroatoms. The van der Waals surface area contributed by atoms with Gasteiger partial charge in [0.15, 0.2) is 0 Å². The van der Waals surface area contributed by atoms with E-state index < -0.39 is 12.9 Å². The Balaban J connectivity index is 3.27. The Morgan fingerprint density at radius 2 is 1.81 bits per heavy atom. The summed E-state index contributed by atoms with van der Waals surface area (Å²) in [6.07, 6.45) is 0. The van der Waals surface area contributed by atoms with E-state index in [1.54, 1.807) is 30.3 Å². The highest BCUT2D eigenvalue weighted by Gasteiger charge is 2.49. The Labute approximate surface area is 94.7 Å². The van der Waals surface area contributed by atoms with Gasteiger partial charge in [0.1, 0.15) is 0 Å². The Morgan fingerprint density at radius 1 is 1.31 bits per heavy atom. The van der Waals surface area contributed by atoms with Crippen molar-refractivity contribution in [1.29, 1.82) is 0 Å². The van der Waals surface area contributed by atoms with Gasteiger partial charge in [-0.05, 0) is 5.56 Å². The van der Waals surface area contributed by atoms with E-state index in [4.69, 9.17) is 14.8 Å². The van der Waals surface area contributed by atoms with Crippen LogP contribution in [0.5, 0.6) is 0 Å². The Kier molecular flexibility index (Phi) is 4.24. The summed E-state index contributed by atoms with van der Waals surface area (Å²) >= 11 is 0. The third-order valence-corrected chi connectivity index (χ3v) is 4.76. The van der Waals surface area contributed by atoms with Crippen molar-refractivity contribution in [3.8, 4) is 0 Å². The van der Waals surface area contributed by atoms with E-state index in [2.05, 4.69) is 0 Å². The second-order valence-electron chi connectivity index (χ2n) is 3.25. The van der Waals surface area contributed by atoms with Crippen LogP contribution in [0.15, 0.2) is 30.3 Å². The first-order valence-electron chi connectivity index (χ1n) is 4.73. The Morgan fingerprint density at radius 3 is 2.19 bits per heavy atom. The lowest BCUT2D eigenvalue weighted by Crippen LogP contribution is -2.35. The highest BCUT2D eigenvalue weighted by Crippen LogP contribution is 2.61. The third-order valence-electron chi connectivity index (χ3n) is 2.45. The zero-order valence-corrected chi connectivity index (χ0v) is 10.2. The highest BCUT2D eigenvalue weighted by atomic mass is 31.2. The molecule has 1 atom stereocenters. The summed E-state index contributed by atoms with van der Waals surface area (Å²) < 4.78 is 21.8. The molecule has 1 unspecified atom stereocenters. The van der Waals surface area contributed by atoms with Crippen LogP contribution in [0.4, 0.5) is 0 Å². The number of rotatable bonds is 5. The smallest absolute Gasteiger partial charge is 0.367 e. The molecule has 0 fully saturated rings. The fraction of sp³-hybridized carbons (Fsp3) is 0.400. The van der Waals surface area contributed by atoms with Crippen LogP contribution in [0.1, 0.15) is 5.56 Å². The average Bonchev–Trinajstić information content (AvgIpc) is 2.37. The van der Waals surface area contributed by atoms with Gasteiger partial charge >= 0.3 is 7.60 Å². The van der Waals surface area contributed by atoms with Gasteiger partial charge in [-0.15, -0.1) is 0 Å². The molecule has 0 saturated carbocycles. The van der Waals surface area contributed by atoms with Gasteiger partial charge in [0, 0.05) is 20.8 Å². The number of hydrogen-bond acceptors (Lipinski definition) is 5. The monoisotopic (exact) mass is 245 g/mol. The molecule has 0 aliphatic rings. The molecule has 1 rings (SSSR count). The Bertz CT molecular complexity index is 376. The Hall–Kier alpha value is -0.710. The maximum Gasteiger partial charge on any atom is 0.367 e. The lowest BCUT2D eigenvalue weighted by molar-refractivity contribution is 0.0840. The molecule has 0 saturated heterocycles. The van der Waals surface area contributed by atoms with Crippen LogP contribution in [-0.4, -0.2) is 25.9 Å². The molecular weight excluding hydrogens is 229 g/mol. The van der Waals surface area contributed by atoms with Crippen molar-refractivity contribution < 1.29 is 18.7 Å². The number of benzene rings is 1. The molecule has 0 spiro atoms. The fourth-order valence-corrected chi connectivity index (χ4v) is 2.91. The number of nitrogens with two attached hydrogens (primary N) is 1.